The zero-order valence-electron chi connectivity index (χ0n) is 11.9. The van der Waals surface area contributed by atoms with E-state index in [0.717, 1.165) is 17.7 Å². The minimum Gasteiger partial charge on any atom is -0.360 e. The zero-order valence-corrected chi connectivity index (χ0v) is 11.9. The van der Waals surface area contributed by atoms with Crippen LogP contribution in [0.1, 0.15) is 16.8 Å². The highest BCUT2D eigenvalue weighted by Gasteiger charge is 2.14. The molecule has 2 aromatic rings. The summed E-state index contributed by atoms with van der Waals surface area (Å²) < 4.78 is 0. The zero-order chi connectivity index (χ0) is 15.2. The second-order valence-corrected chi connectivity index (χ2v) is 4.79. The fourth-order valence-corrected chi connectivity index (χ4v) is 2.00. The quantitative estimate of drug-likeness (QED) is 0.628. The average molecular weight is 286 g/mol. The molecule has 6 nitrogen and oxygen atoms in total. The van der Waals surface area contributed by atoms with Gasteiger partial charge in [0.2, 0.25) is 5.82 Å². The lowest BCUT2D eigenvalue weighted by Gasteiger charge is -2.08. The van der Waals surface area contributed by atoms with Crippen LogP contribution in [0.2, 0.25) is 0 Å². The van der Waals surface area contributed by atoms with Gasteiger partial charge in [0.15, 0.2) is 0 Å². The third-order valence-corrected chi connectivity index (χ3v) is 3.13. The number of pyridine rings is 1. The van der Waals surface area contributed by atoms with Gasteiger partial charge in [-0.05, 0) is 37.1 Å². The normalized spacial score (nSPS) is 10.4. The number of hydrogen-bond acceptors (Lipinski definition) is 5. The Morgan fingerprint density at radius 2 is 1.86 bits per heavy atom. The van der Waals surface area contributed by atoms with E-state index >= 15 is 0 Å². The summed E-state index contributed by atoms with van der Waals surface area (Å²) in [5.41, 5.74) is 8.45. The summed E-state index contributed by atoms with van der Waals surface area (Å²) in [4.78, 5) is 14.7. The first-order valence-electron chi connectivity index (χ1n) is 6.74. The summed E-state index contributed by atoms with van der Waals surface area (Å²) in [6.45, 7) is 2.91. The average Bonchev–Trinajstić information content (AvgIpc) is 2.46. The summed E-state index contributed by atoms with van der Waals surface area (Å²) in [5.74, 6) is 0.297. The molecule has 0 saturated heterocycles. The second-order valence-electron chi connectivity index (χ2n) is 4.79. The van der Waals surface area contributed by atoms with Crippen molar-refractivity contribution in [3.63, 3.8) is 0 Å². The molecule has 0 bridgehead atoms. The number of aryl methyl sites for hydroxylation is 1. The molecule has 0 aliphatic carbocycles. The Balaban J connectivity index is 2.08. The number of nitrogens with zero attached hydrogens (tertiary/aromatic N) is 2. The predicted octanol–water partition coefficient (Wildman–Crippen LogP) is 2.41. The maximum atomic E-state index is 11.0. The molecule has 0 saturated carbocycles. The van der Waals surface area contributed by atoms with Crippen LogP contribution in [0, 0.1) is 17.0 Å². The lowest BCUT2D eigenvalue weighted by atomic mass is 10.1. The number of nitrogens with two attached hydrogens (primary N) is 1. The van der Waals surface area contributed by atoms with E-state index in [1.807, 2.05) is 24.3 Å². The summed E-state index contributed by atoms with van der Waals surface area (Å²) in [5, 5.41) is 14.0. The van der Waals surface area contributed by atoms with Crippen molar-refractivity contribution in [2.45, 2.75) is 19.9 Å². The van der Waals surface area contributed by atoms with E-state index in [1.165, 1.54) is 11.6 Å². The van der Waals surface area contributed by atoms with Crippen molar-refractivity contribution in [3.05, 3.63) is 63.3 Å². The molecule has 3 N–H and O–H groups in total. The van der Waals surface area contributed by atoms with Crippen LogP contribution in [-0.2, 0) is 13.0 Å². The highest BCUT2D eigenvalue weighted by atomic mass is 16.6. The van der Waals surface area contributed by atoms with Crippen LogP contribution in [0.15, 0.2) is 36.4 Å². The minimum absolute atomic E-state index is 0.0136. The van der Waals surface area contributed by atoms with Gasteiger partial charge in [0, 0.05) is 18.3 Å². The molecule has 1 aromatic heterocycles. The Bertz CT molecular complexity index is 626. The first kappa shape index (κ1) is 14.9. The molecular weight excluding hydrogens is 268 g/mol. The first-order chi connectivity index (χ1) is 10.1. The lowest BCUT2D eigenvalue weighted by molar-refractivity contribution is -0.384. The van der Waals surface area contributed by atoms with Gasteiger partial charge in [-0.15, -0.1) is 0 Å². The molecule has 0 radical (unpaired) electrons. The molecule has 0 unspecified atom stereocenters. The smallest absolute Gasteiger partial charge is 0.311 e. The van der Waals surface area contributed by atoms with E-state index in [4.69, 9.17) is 5.73 Å². The fraction of sp³-hybridized carbons (Fsp3) is 0.267. The van der Waals surface area contributed by atoms with Crippen LogP contribution < -0.4 is 11.1 Å². The van der Waals surface area contributed by atoms with Crippen LogP contribution in [0.3, 0.4) is 0 Å². The van der Waals surface area contributed by atoms with Crippen LogP contribution in [-0.4, -0.2) is 16.5 Å². The van der Waals surface area contributed by atoms with Gasteiger partial charge in [0.25, 0.3) is 0 Å². The number of rotatable bonds is 6. The maximum absolute atomic E-state index is 11.0. The molecule has 1 aromatic carbocycles. The number of benzene rings is 1. The van der Waals surface area contributed by atoms with Gasteiger partial charge >= 0.3 is 5.69 Å². The minimum atomic E-state index is -0.431. The molecule has 2 rings (SSSR count). The van der Waals surface area contributed by atoms with E-state index in [1.54, 1.807) is 13.0 Å². The summed E-state index contributed by atoms with van der Waals surface area (Å²) >= 11 is 0. The Morgan fingerprint density at radius 1 is 1.19 bits per heavy atom. The number of nitro groups is 1. The van der Waals surface area contributed by atoms with Crippen molar-refractivity contribution in [3.8, 4) is 0 Å². The van der Waals surface area contributed by atoms with E-state index < -0.39 is 4.92 Å². The fourth-order valence-electron chi connectivity index (χ4n) is 2.00. The van der Waals surface area contributed by atoms with Crippen molar-refractivity contribution in [1.29, 1.82) is 0 Å². The molecule has 1 heterocycles. The number of anilines is 1. The summed E-state index contributed by atoms with van der Waals surface area (Å²) in [7, 11) is 0. The molecule has 0 aliphatic heterocycles. The Morgan fingerprint density at radius 3 is 2.48 bits per heavy atom. The van der Waals surface area contributed by atoms with Crippen LogP contribution in [0.5, 0.6) is 0 Å². The van der Waals surface area contributed by atoms with Gasteiger partial charge in [-0.1, -0.05) is 24.3 Å². The highest BCUT2D eigenvalue weighted by Crippen LogP contribution is 2.22. The molecule has 0 atom stereocenters. The van der Waals surface area contributed by atoms with Gasteiger partial charge in [0.1, 0.15) is 0 Å². The van der Waals surface area contributed by atoms with Crippen molar-refractivity contribution in [2.75, 3.05) is 11.9 Å². The third kappa shape index (κ3) is 4.00. The van der Waals surface area contributed by atoms with E-state index in [0.29, 0.717) is 18.9 Å². The summed E-state index contributed by atoms with van der Waals surface area (Å²) in [6.07, 6.45) is 0.846. The van der Waals surface area contributed by atoms with Gasteiger partial charge in [-0.25, -0.2) is 4.98 Å². The number of nitrogens with one attached hydrogen (secondary N) is 1. The van der Waals surface area contributed by atoms with E-state index in [9.17, 15) is 10.1 Å². The molecule has 0 spiro atoms. The summed E-state index contributed by atoms with van der Waals surface area (Å²) in [6, 6.07) is 11.1. The van der Waals surface area contributed by atoms with Crippen molar-refractivity contribution < 1.29 is 4.92 Å². The standard InChI is InChI=1S/C15H18N4O2/c1-11-2-7-14(19(20)21)15(18-11)17-10-13-5-3-12(4-6-13)8-9-16/h2-7H,8-10,16H2,1H3,(H,17,18). The van der Waals surface area contributed by atoms with Crippen molar-refractivity contribution in [2.24, 2.45) is 5.73 Å². The Hall–Kier alpha value is -2.47. The molecule has 21 heavy (non-hydrogen) atoms. The lowest BCUT2D eigenvalue weighted by Crippen LogP contribution is -2.06. The number of aromatic nitrogens is 1. The van der Waals surface area contributed by atoms with E-state index in [-0.39, 0.29) is 5.69 Å². The number of hydrogen-bond donors (Lipinski definition) is 2. The largest absolute Gasteiger partial charge is 0.360 e. The molecular formula is C15H18N4O2. The van der Waals surface area contributed by atoms with Crippen LogP contribution >= 0.6 is 0 Å². The SMILES string of the molecule is Cc1ccc([N+](=O)[O-])c(NCc2ccc(CCN)cc2)n1. The van der Waals surface area contributed by atoms with Crippen LogP contribution in [0.4, 0.5) is 11.5 Å². The van der Waals surface area contributed by atoms with Gasteiger partial charge < -0.3 is 11.1 Å². The highest BCUT2D eigenvalue weighted by molar-refractivity contribution is 5.56. The Labute approximate surface area is 123 Å². The van der Waals surface area contributed by atoms with Gasteiger partial charge in [-0.2, -0.15) is 0 Å². The third-order valence-electron chi connectivity index (χ3n) is 3.13. The predicted molar refractivity (Wildman–Crippen MR) is 82.2 cm³/mol. The molecule has 110 valence electrons. The molecule has 0 aliphatic rings. The first-order valence-corrected chi connectivity index (χ1v) is 6.74. The molecule has 6 heteroatoms. The Kier molecular flexibility index (Phi) is 4.84. The second kappa shape index (κ2) is 6.81. The van der Waals surface area contributed by atoms with Crippen LogP contribution in [0.25, 0.3) is 0 Å². The molecule has 0 amide bonds. The van der Waals surface area contributed by atoms with Gasteiger partial charge in [0.05, 0.1) is 4.92 Å². The topological polar surface area (TPSA) is 94.1 Å². The van der Waals surface area contributed by atoms with Crippen molar-refractivity contribution >= 4 is 11.5 Å². The maximum Gasteiger partial charge on any atom is 0.311 e. The van der Waals surface area contributed by atoms with Gasteiger partial charge in [-0.3, -0.25) is 10.1 Å². The van der Waals surface area contributed by atoms with E-state index in [2.05, 4.69) is 10.3 Å². The monoisotopic (exact) mass is 286 g/mol. The molecule has 0 fully saturated rings. The van der Waals surface area contributed by atoms with Crippen molar-refractivity contribution in [1.82, 2.24) is 4.98 Å².